The Kier molecular flexibility index (Phi) is 9.51. The molecule has 2 aliphatic rings. The van der Waals surface area contributed by atoms with Gasteiger partial charge in [0.15, 0.2) is 0 Å². The van der Waals surface area contributed by atoms with E-state index in [0.717, 1.165) is 62.4 Å². The van der Waals surface area contributed by atoms with Crippen molar-refractivity contribution in [3.63, 3.8) is 0 Å². The Morgan fingerprint density at radius 2 is 1.54 bits per heavy atom. The molecule has 0 saturated carbocycles. The Labute approximate surface area is 241 Å². The molecule has 3 aromatic carbocycles. The van der Waals surface area contributed by atoms with Gasteiger partial charge in [0.1, 0.15) is 12.4 Å². The molecule has 2 amide bonds. The Hall–Kier alpha value is -3.91. The van der Waals surface area contributed by atoms with Crippen molar-refractivity contribution in [3.8, 4) is 0 Å². The highest BCUT2D eigenvalue weighted by Crippen LogP contribution is 2.19. The van der Waals surface area contributed by atoms with Crippen molar-refractivity contribution in [2.75, 3.05) is 38.0 Å². The van der Waals surface area contributed by atoms with E-state index in [9.17, 15) is 14.0 Å². The quantitative estimate of drug-likeness (QED) is 0.406. The molecule has 3 aromatic rings. The van der Waals surface area contributed by atoms with Gasteiger partial charge in [-0.2, -0.15) is 0 Å². The molecule has 7 nitrogen and oxygen atoms in total. The number of ether oxygens (including phenoxy) is 1. The van der Waals surface area contributed by atoms with Crippen LogP contribution in [0, 0.1) is 5.82 Å². The molecule has 2 aliphatic heterocycles. The number of anilines is 1. The molecule has 8 heteroatoms. The number of hydrogen-bond acceptors (Lipinski definition) is 5. The number of piperazine rings is 1. The highest BCUT2D eigenvalue weighted by Gasteiger charge is 2.28. The summed E-state index contributed by atoms with van der Waals surface area (Å²) in [4.78, 5) is 31.7. The van der Waals surface area contributed by atoms with E-state index in [2.05, 4.69) is 41.4 Å². The number of benzene rings is 3. The van der Waals surface area contributed by atoms with E-state index in [0.29, 0.717) is 13.0 Å². The van der Waals surface area contributed by atoms with Gasteiger partial charge in [0.05, 0.1) is 6.42 Å². The van der Waals surface area contributed by atoms with Crippen LogP contribution in [-0.4, -0.2) is 71.5 Å². The van der Waals surface area contributed by atoms with E-state index < -0.39 is 0 Å². The zero-order valence-corrected chi connectivity index (χ0v) is 23.7. The second-order valence-electron chi connectivity index (χ2n) is 11.1. The Bertz CT molecular complexity index is 1280. The number of rotatable bonds is 8. The average Bonchev–Trinajstić information content (AvgIpc) is 2.99. The molecule has 0 aliphatic carbocycles. The van der Waals surface area contributed by atoms with E-state index in [1.165, 1.54) is 17.7 Å². The van der Waals surface area contributed by atoms with E-state index in [1.54, 1.807) is 12.1 Å². The summed E-state index contributed by atoms with van der Waals surface area (Å²) in [7, 11) is 0. The maximum Gasteiger partial charge on any atom is 0.410 e. The number of nitrogens with one attached hydrogen (secondary N) is 1. The molecular formula is C33H39FN4O3. The number of amides is 2. The summed E-state index contributed by atoms with van der Waals surface area (Å²) in [5.41, 5.74) is 4.11. The fraction of sp³-hybridized carbons (Fsp3) is 0.394. The van der Waals surface area contributed by atoms with Crippen LogP contribution in [0.2, 0.25) is 0 Å². The molecular weight excluding hydrogens is 519 g/mol. The largest absolute Gasteiger partial charge is 0.445 e. The summed E-state index contributed by atoms with van der Waals surface area (Å²) in [5.74, 6) is -0.0857. The van der Waals surface area contributed by atoms with Crippen molar-refractivity contribution in [1.29, 1.82) is 0 Å². The third kappa shape index (κ3) is 8.07. The molecule has 216 valence electrons. The summed E-state index contributed by atoms with van der Waals surface area (Å²) in [6, 6.07) is 24.8. The van der Waals surface area contributed by atoms with Gasteiger partial charge in [-0.05, 0) is 60.7 Å². The molecule has 1 N–H and O–H groups in total. The normalized spacial score (nSPS) is 18.2. The van der Waals surface area contributed by atoms with Gasteiger partial charge in [0.2, 0.25) is 5.91 Å². The van der Waals surface area contributed by atoms with Gasteiger partial charge in [-0.3, -0.25) is 9.69 Å². The first kappa shape index (κ1) is 28.6. The molecule has 0 aromatic heterocycles. The average molecular weight is 559 g/mol. The highest BCUT2D eigenvalue weighted by molar-refractivity contribution is 5.79. The van der Waals surface area contributed by atoms with Gasteiger partial charge in [-0.15, -0.1) is 0 Å². The van der Waals surface area contributed by atoms with Crippen LogP contribution in [0.5, 0.6) is 0 Å². The van der Waals surface area contributed by atoms with Gasteiger partial charge >= 0.3 is 6.09 Å². The second kappa shape index (κ2) is 13.6. The Morgan fingerprint density at radius 1 is 0.854 bits per heavy atom. The van der Waals surface area contributed by atoms with E-state index in [1.807, 2.05) is 40.1 Å². The number of carbonyl (C=O) groups is 2. The summed E-state index contributed by atoms with van der Waals surface area (Å²) < 4.78 is 18.7. The molecule has 2 heterocycles. The summed E-state index contributed by atoms with van der Waals surface area (Å²) >= 11 is 0. The van der Waals surface area contributed by atoms with Gasteiger partial charge in [0.25, 0.3) is 0 Å². The molecule has 2 fully saturated rings. The van der Waals surface area contributed by atoms with Gasteiger partial charge in [-0.25, -0.2) is 9.18 Å². The molecule has 2 saturated heterocycles. The monoisotopic (exact) mass is 558 g/mol. The molecule has 0 radical (unpaired) electrons. The van der Waals surface area contributed by atoms with Crippen molar-refractivity contribution in [3.05, 3.63) is 101 Å². The number of carbonyl (C=O) groups excluding carboxylic acids is 2. The number of hydrogen-bond donors (Lipinski definition) is 1. The summed E-state index contributed by atoms with van der Waals surface area (Å²) in [6.45, 7) is 6.81. The number of nitrogens with zero attached hydrogens (tertiary/aromatic N) is 3. The highest BCUT2D eigenvalue weighted by atomic mass is 19.1. The predicted molar refractivity (Wildman–Crippen MR) is 158 cm³/mol. The second-order valence-corrected chi connectivity index (χ2v) is 11.1. The van der Waals surface area contributed by atoms with Crippen LogP contribution in [0.3, 0.4) is 0 Å². The number of piperidine rings is 1. The lowest BCUT2D eigenvalue weighted by Crippen LogP contribution is -2.53. The molecule has 0 spiro atoms. The molecule has 0 bridgehead atoms. The van der Waals surface area contributed by atoms with Crippen molar-refractivity contribution in [2.24, 2.45) is 0 Å². The minimum absolute atomic E-state index is 0.0685. The maximum absolute atomic E-state index is 13.1. The lowest BCUT2D eigenvalue weighted by atomic mass is 10.0. The number of halogens is 1. The van der Waals surface area contributed by atoms with Crippen LogP contribution < -0.4 is 5.32 Å². The standard InChI is InChI=1S/C33H39FN4O3/c1-25-22-36(19-20-38(25)33(40)41-24-28-5-3-2-4-6-28)23-27-9-7-26(8-10-27)21-32(39)37-17-15-31(16-18-37)35-30-13-11-29(34)12-14-30/h2-14,25,31,35H,15-24H2,1H3/t25-/m0/s1. The van der Waals surface area contributed by atoms with Crippen LogP contribution in [-0.2, 0) is 29.1 Å². The fourth-order valence-corrected chi connectivity index (χ4v) is 5.61. The minimum atomic E-state index is -0.261. The van der Waals surface area contributed by atoms with Gasteiger partial charge < -0.3 is 19.9 Å². The smallest absolute Gasteiger partial charge is 0.410 e. The van der Waals surface area contributed by atoms with Crippen LogP contribution in [0.4, 0.5) is 14.9 Å². The maximum atomic E-state index is 13.1. The lowest BCUT2D eigenvalue weighted by Gasteiger charge is -2.39. The molecule has 5 rings (SSSR count). The Morgan fingerprint density at radius 3 is 2.22 bits per heavy atom. The SMILES string of the molecule is C[C@H]1CN(Cc2ccc(CC(=O)N3CCC(Nc4ccc(F)cc4)CC3)cc2)CCN1C(=O)OCc1ccccc1. The van der Waals surface area contributed by atoms with Crippen molar-refractivity contribution in [1.82, 2.24) is 14.7 Å². The van der Waals surface area contributed by atoms with Crippen molar-refractivity contribution >= 4 is 17.7 Å². The van der Waals surface area contributed by atoms with Crippen LogP contribution in [0.25, 0.3) is 0 Å². The fourth-order valence-electron chi connectivity index (χ4n) is 5.61. The van der Waals surface area contributed by atoms with Gasteiger partial charge in [0, 0.05) is 57.0 Å². The first-order chi connectivity index (χ1) is 19.9. The lowest BCUT2D eigenvalue weighted by molar-refractivity contribution is -0.131. The minimum Gasteiger partial charge on any atom is -0.445 e. The first-order valence-corrected chi connectivity index (χ1v) is 14.5. The van der Waals surface area contributed by atoms with Crippen LogP contribution in [0.1, 0.15) is 36.5 Å². The van der Waals surface area contributed by atoms with Crippen molar-refractivity contribution in [2.45, 2.75) is 51.4 Å². The van der Waals surface area contributed by atoms with Crippen LogP contribution >= 0.6 is 0 Å². The van der Waals surface area contributed by atoms with E-state index in [-0.39, 0.29) is 36.5 Å². The third-order valence-corrected chi connectivity index (χ3v) is 8.00. The zero-order chi connectivity index (χ0) is 28.6. The molecule has 41 heavy (non-hydrogen) atoms. The van der Waals surface area contributed by atoms with E-state index in [4.69, 9.17) is 4.74 Å². The van der Waals surface area contributed by atoms with Crippen molar-refractivity contribution < 1.29 is 18.7 Å². The topological polar surface area (TPSA) is 65.1 Å². The van der Waals surface area contributed by atoms with Gasteiger partial charge in [-0.1, -0.05) is 54.6 Å². The zero-order valence-electron chi connectivity index (χ0n) is 23.7. The first-order valence-electron chi connectivity index (χ1n) is 14.5. The van der Waals surface area contributed by atoms with Crippen LogP contribution in [0.15, 0.2) is 78.9 Å². The Balaban J connectivity index is 1.02. The predicted octanol–water partition coefficient (Wildman–Crippen LogP) is 5.31. The number of likely N-dealkylation sites (tertiary alicyclic amines) is 1. The molecule has 1 atom stereocenters. The molecule has 0 unspecified atom stereocenters. The van der Waals surface area contributed by atoms with E-state index >= 15 is 0 Å². The summed E-state index contributed by atoms with van der Waals surface area (Å²) in [5, 5.41) is 3.45. The third-order valence-electron chi connectivity index (χ3n) is 8.00. The summed E-state index contributed by atoms with van der Waals surface area (Å²) in [6.07, 6.45) is 1.89.